The molecule has 0 aliphatic rings. The molecule has 0 heterocycles. The van der Waals surface area contributed by atoms with Gasteiger partial charge in [-0.3, -0.25) is 0 Å². The van der Waals surface area contributed by atoms with E-state index in [1.165, 1.54) is 6.07 Å². The molecule has 0 amide bonds. The molecular formula is C13H8F3. The van der Waals surface area contributed by atoms with Crippen molar-refractivity contribution in [3.05, 3.63) is 60.2 Å². The van der Waals surface area contributed by atoms with Crippen molar-refractivity contribution in [3.8, 4) is 11.1 Å². The third kappa shape index (κ3) is 2.24. The molecule has 0 nitrogen and oxygen atoms in total. The Bertz CT molecular complexity index is 472. The van der Waals surface area contributed by atoms with Gasteiger partial charge in [-0.1, -0.05) is 42.5 Å². The highest BCUT2D eigenvalue weighted by atomic mass is 19.4. The highest BCUT2D eigenvalue weighted by Crippen LogP contribution is 2.31. The van der Waals surface area contributed by atoms with E-state index >= 15 is 0 Å². The molecule has 2 aromatic carbocycles. The van der Waals surface area contributed by atoms with Crippen LogP contribution in [0.1, 0.15) is 5.56 Å². The van der Waals surface area contributed by atoms with Crippen LogP contribution in [0, 0.1) is 6.07 Å². The molecule has 0 saturated heterocycles. The van der Waals surface area contributed by atoms with E-state index in [0.29, 0.717) is 5.56 Å². The van der Waals surface area contributed by atoms with E-state index in [1.54, 1.807) is 30.3 Å². The molecule has 0 unspecified atom stereocenters. The maximum absolute atomic E-state index is 12.5. The second-order valence-electron chi connectivity index (χ2n) is 3.35. The molecule has 0 bridgehead atoms. The van der Waals surface area contributed by atoms with E-state index in [-0.39, 0.29) is 0 Å². The molecule has 1 radical (unpaired) electrons. The Morgan fingerprint density at radius 3 is 2.19 bits per heavy atom. The van der Waals surface area contributed by atoms with Gasteiger partial charge < -0.3 is 0 Å². The van der Waals surface area contributed by atoms with Gasteiger partial charge in [0.15, 0.2) is 0 Å². The van der Waals surface area contributed by atoms with Gasteiger partial charge in [0, 0.05) is 0 Å². The number of rotatable bonds is 1. The first-order valence-corrected chi connectivity index (χ1v) is 4.72. The lowest BCUT2D eigenvalue weighted by Gasteiger charge is -2.08. The third-order valence-electron chi connectivity index (χ3n) is 2.21. The minimum atomic E-state index is -4.34. The van der Waals surface area contributed by atoms with Gasteiger partial charge in [0.1, 0.15) is 0 Å². The van der Waals surface area contributed by atoms with E-state index in [0.717, 1.165) is 11.6 Å². The number of hydrogen-bond donors (Lipinski definition) is 0. The molecule has 2 aromatic rings. The van der Waals surface area contributed by atoms with Crippen LogP contribution in [0.2, 0.25) is 0 Å². The first-order chi connectivity index (χ1) is 7.57. The van der Waals surface area contributed by atoms with E-state index in [2.05, 4.69) is 6.07 Å². The summed E-state index contributed by atoms with van der Waals surface area (Å²) in [5.41, 5.74) is 0.572. The topological polar surface area (TPSA) is 0 Å². The molecule has 0 fully saturated rings. The zero-order chi connectivity index (χ0) is 11.6. The van der Waals surface area contributed by atoms with Crippen LogP contribution < -0.4 is 0 Å². The summed E-state index contributed by atoms with van der Waals surface area (Å²) in [5, 5.41) is 0. The van der Waals surface area contributed by atoms with E-state index in [1.807, 2.05) is 6.07 Å². The molecule has 2 rings (SSSR count). The summed E-state index contributed by atoms with van der Waals surface area (Å²) >= 11 is 0. The first-order valence-electron chi connectivity index (χ1n) is 4.72. The third-order valence-corrected chi connectivity index (χ3v) is 2.21. The zero-order valence-electron chi connectivity index (χ0n) is 8.25. The van der Waals surface area contributed by atoms with Crippen LogP contribution in [-0.4, -0.2) is 0 Å². The predicted octanol–water partition coefficient (Wildman–Crippen LogP) is 4.17. The highest BCUT2D eigenvalue weighted by Gasteiger charge is 2.30. The van der Waals surface area contributed by atoms with Crippen molar-refractivity contribution in [2.45, 2.75) is 6.18 Å². The average Bonchev–Trinajstić information content (AvgIpc) is 2.29. The molecule has 16 heavy (non-hydrogen) atoms. The first kappa shape index (κ1) is 10.7. The van der Waals surface area contributed by atoms with Crippen LogP contribution >= 0.6 is 0 Å². The summed E-state index contributed by atoms with van der Waals surface area (Å²) in [7, 11) is 0. The fraction of sp³-hybridized carbons (Fsp3) is 0.0769. The van der Waals surface area contributed by atoms with Gasteiger partial charge in [0.25, 0.3) is 0 Å². The highest BCUT2D eigenvalue weighted by molar-refractivity contribution is 5.63. The fourth-order valence-electron chi connectivity index (χ4n) is 1.44. The Kier molecular flexibility index (Phi) is 2.69. The summed E-state index contributed by atoms with van der Waals surface area (Å²) < 4.78 is 37.4. The molecule has 0 aliphatic carbocycles. The van der Waals surface area contributed by atoms with Crippen LogP contribution in [0.3, 0.4) is 0 Å². The fourth-order valence-corrected chi connectivity index (χ4v) is 1.44. The molecule has 3 heteroatoms. The van der Waals surface area contributed by atoms with Gasteiger partial charge in [-0.2, -0.15) is 13.2 Å². The molecule has 0 N–H and O–H groups in total. The average molecular weight is 221 g/mol. The Morgan fingerprint density at radius 2 is 1.56 bits per heavy atom. The molecule has 0 spiro atoms. The Hall–Kier alpha value is -1.77. The smallest absolute Gasteiger partial charge is 0.166 e. The second-order valence-corrected chi connectivity index (χ2v) is 3.35. The van der Waals surface area contributed by atoms with Crippen LogP contribution in [0.5, 0.6) is 0 Å². The zero-order valence-corrected chi connectivity index (χ0v) is 8.25. The summed E-state index contributed by atoms with van der Waals surface area (Å²) in [6.45, 7) is 0. The van der Waals surface area contributed by atoms with Gasteiger partial charge in [-0.25, -0.2) is 0 Å². The van der Waals surface area contributed by atoms with Gasteiger partial charge in [0.2, 0.25) is 0 Å². The quantitative estimate of drug-likeness (QED) is 0.677. The van der Waals surface area contributed by atoms with E-state index in [9.17, 15) is 13.2 Å². The molecule has 0 atom stereocenters. The summed E-state index contributed by atoms with van der Waals surface area (Å²) in [6.07, 6.45) is -4.34. The summed E-state index contributed by atoms with van der Waals surface area (Å²) in [5.74, 6) is 0. The summed E-state index contributed by atoms with van der Waals surface area (Å²) in [6, 6.07) is 15.2. The van der Waals surface area contributed by atoms with Crippen molar-refractivity contribution in [1.29, 1.82) is 0 Å². The number of hydrogen-bond acceptors (Lipinski definition) is 0. The standard InChI is InChI=1S/C13H8F3/c14-13(15,16)12-8-4-7-11(9-12)10-5-2-1-3-6-10/h1-7,9H. The lowest BCUT2D eigenvalue weighted by atomic mass is 10.0. The van der Waals surface area contributed by atoms with Crippen LogP contribution in [0.25, 0.3) is 11.1 Å². The van der Waals surface area contributed by atoms with Gasteiger partial charge in [-0.05, 0) is 23.3 Å². The Balaban J connectivity index is 2.45. The lowest BCUT2D eigenvalue weighted by molar-refractivity contribution is -0.137. The van der Waals surface area contributed by atoms with E-state index < -0.39 is 11.7 Å². The van der Waals surface area contributed by atoms with Gasteiger partial charge in [-0.15, -0.1) is 0 Å². The van der Waals surface area contributed by atoms with Gasteiger partial charge in [0.05, 0.1) is 5.56 Å². The van der Waals surface area contributed by atoms with Crippen LogP contribution in [0.15, 0.2) is 48.5 Å². The van der Waals surface area contributed by atoms with Gasteiger partial charge >= 0.3 is 6.18 Å². The molecule has 0 saturated carbocycles. The SMILES string of the molecule is FC(F)(F)c1[c]ccc(-c2ccccc2)c1. The Labute approximate surface area is 91.4 Å². The maximum atomic E-state index is 12.5. The van der Waals surface area contributed by atoms with E-state index in [4.69, 9.17) is 0 Å². The van der Waals surface area contributed by atoms with Crippen molar-refractivity contribution in [2.24, 2.45) is 0 Å². The van der Waals surface area contributed by atoms with Crippen molar-refractivity contribution in [2.75, 3.05) is 0 Å². The largest absolute Gasteiger partial charge is 0.417 e. The van der Waals surface area contributed by atoms with Crippen LogP contribution in [-0.2, 0) is 6.18 Å². The van der Waals surface area contributed by atoms with Crippen molar-refractivity contribution >= 4 is 0 Å². The Morgan fingerprint density at radius 1 is 0.875 bits per heavy atom. The normalized spacial score (nSPS) is 11.4. The lowest BCUT2D eigenvalue weighted by Crippen LogP contribution is -2.04. The minimum Gasteiger partial charge on any atom is -0.166 e. The minimum absolute atomic E-state index is 0.548. The number of alkyl halides is 3. The van der Waals surface area contributed by atoms with Crippen molar-refractivity contribution in [3.63, 3.8) is 0 Å². The molecule has 0 aromatic heterocycles. The maximum Gasteiger partial charge on any atom is 0.417 e. The second kappa shape index (κ2) is 4.00. The summed E-state index contributed by atoms with van der Waals surface area (Å²) in [4.78, 5) is 0. The van der Waals surface area contributed by atoms with Crippen molar-refractivity contribution in [1.82, 2.24) is 0 Å². The monoisotopic (exact) mass is 221 g/mol. The number of benzene rings is 2. The predicted molar refractivity (Wildman–Crippen MR) is 55.7 cm³/mol. The van der Waals surface area contributed by atoms with Crippen LogP contribution in [0.4, 0.5) is 13.2 Å². The molecule has 0 aliphatic heterocycles. The number of halogens is 3. The molecular weight excluding hydrogens is 213 g/mol. The molecule has 81 valence electrons. The van der Waals surface area contributed by atoms with Crippen molar-refractivity contribution < 1.29 is 13.2 Å².